The summed E-state index contributed by atoms with van der Waals surface area (Å²) in [4.78, 5) is 43.2. The zero-order valence-electron chi connectivity index (χ0n) is 20.3. The van der Waals surface area contributed by atoms with Gasteiger partial charge >= 0.3 is 0 Å². The average Bonchev–Trinajstić information content (AvgIpc) is 3.60. The van der Waals surface area contributed by atoms with Crippen LogP contribution in [0.3, 0.4) is 0 Å². The largest absolute Gasteiger partial charge is 0.382 e. The van der Waals surface area contributed by atoms with Crippen LogP contribution in [0.15, 0.2) is 73.7 Å². The Balaban J connectivity index is 1.40. The van der Waals surface area contributed by atoms with E-state index in [1.165, 1.54) is 6.08 Å². The van der Waals surface area contributed by atoms with Crippen LogP contribution >= 0.6 is 0 Å². The minimum atomic E-state index is -0.259. The van der Waals surface area contributed by atoms with Crippen LogP contribution in [0.4, 0.5) is 11.6 Å². The molecule has 10 nitrogen and oxygen atoms in total. The molecule has 186 valence electrons. The maximum atomic E-state index is 12.9. The lowest BCUT2D eigenvalue weighted by molar-refractivity contribution is -0.131. The van der Waals surface area contributed by atoms with E-state index in [2.05, 4.69) is 33.8 Å². The minimum absolute atomic E-state index is 0.103. The molecule has 3 atom stereocenters. The van der Waals surface area contributed by atoms with Crippen molar-refractivity contribution in [3.05, 3.63) is 85.1 Å². The highest BCUT2D eigenvalue weighted by atomic mass is 16.2. The number of nitrogen functional groups attached to an aromatic ring is 1. The maximum Gasteiger partial charge on any atom is 0.256 e. The van der Waals surface area contributed by atoms with E-state index >= 15 is 0 Å². The van der Waals surface area contributed by atoms with Gasteiger partial charge in [0.2, 0.25) is 5.91 Å². The van der Waals surface area contributed by atoms with E-state index < -0.39 is 0 Å². The number of likely N-dealkylation sites (N-methyl/N-ethyl adjacent to an activating group) is 1. The molecule has 3 N–H and O–H groups in total. The van der Waals surface area contributed by atoms with Gasteiger partial charge in [-0.2, -0.15) is 0 Å². The zero-order valence-corrected chi connectivity index (χ0v) is 20.3. The van der Waals surface area contributed by atoms with Crippen molar-refractivity contribution in [2.45, 2.75) is 24.5 Å². The summed E-state index contributed by atoms with van der Waals surface area (Å²) in [7, 11) is 2.08. The molecule has 4 aromatic rings. The van der Waals surface area contributed by atoms with Crippen LogP contribution in [0.2, 0.25) is 0 Å². The van der Waals surface area contributed by atoms with Gasteiger partial charge in [0, 0.05) is 48.3 Å². The number of pyridine rings is 1. The van der Waals surface area contributed by atoms with Crippen molar-refractivity contribution in [3.63, 3.8) is 0 Å². The third-order valence-corrected chi connectivity index (χ3v) is 7.27. The topological polar surface area (TPSA) is 122 Å². The number of nitrogens with one attached hydrogen (secondary N) is 1. The number of fused-ring (bicyclic) bond motifs is 3. The van der Waals surface area contributed by atoms with Crippen LogP contribution in [0, 0.1) is 0 Å². The third kappa shape index (κ3) is 3.73. The van der Waals surface area contributed by atoms with Crippen LogP contribution in [-0.4, -0.2) is 66.6 Å². The summed E-state index contributed by atoms with van der Waals surface area (Å²) in [5.41, 5.74) is 8.93. The second kappa shape index (κ2) is 8.82. The standard InChI is InChI=1S/C27H26N8O2/c1-3-21(36)35-18-14-19(33(2)15-18)23(35)26-32-22(24-25(28)30-12-13-34(24)26)16-7-9-17(10-8-16)27(37)31-20-6-4-5-11-29-20/h3-13,18-19,23H,1,14-15H2,2H3,(H2,28,30)(H,29,31,37)/t18?,19-,23?/m0/s1. The van der Waals surface area contributed by atoms with Crippen LogP contribution in [-0.2, 0) is 4.79 Å². The monoisotopic (exact) mass is 494 g/mol. The number of amides is 2. The number of hydrogen-bond donors (Lipinski definition) is 2. The lowest BCUT2D eigenvalue weighted by Crippen LogP contribution is -2.49. The Morgan fingerprint density at radius 3 is 2.68 bits per heavy atom. The number of piperazine rings is 1. The van der Waals surface area contributed by atoms with E-state index in [4.69, 9.17) is 10.7 Å². The summed E-state index contributed by atoms with van der Waals surface area (Å²) in [6.45, 7) is 4.54. The summed E-state index contributed by atoms with van der Waals surface area (Å²) < 4.78 is 1.93. The molecule has 2 aliphatic rings. The van der Waals surface area contributed by atoms with Crippen molar-refractivity contribution in [1.82, 2.24) is 29.2 Å². The Labute approximate surface area is 213 Å². The minimum Gasteiger partial charge on any atom is -0.382 e. The van der Waals surface area contributed by atoms with Gasteiger partial charge in [0.1, 0.15) is 34.7 Å². The van der Waals surface area contributed by atoms with Gasteiger partial charge in [-0.1, -0.05) is 24.8 Å². The molecule has 37 heavy (non-hydrogen) atoms. The Hall–Kier alpha value is -4.57. The molecule has 2 bridgehead atoms. The second-order valence-corrected chi connectivity index (χ2v) is 9.39. The third-order valence-electron chi connectivity index (χ3n) is 7.27. The first-order valence-corrected chi connectivity index (χ1v) is 12.1. The Morgan fingerprint density at radius 2 is 1.95 bits per heavy atom. The normalized spacial score (nSPS) is 20.9. The van der Waals surface area contributed by atoms with E-state index in [0.717, 1.165) is 24.4 Å². The Bertz CT molecular complexity index is 1510. The van der Waals surface area contributed by atoms with E-state index in [1.54, 1.807) is 36.7 Å². The van der Waals surface area contributed by atoms with E-state index in [9.17, 15) is 9.59 Å². The number of hydrogen-bond acceptors (Lipinski definition) is 7. The highest BCUT2D eigenvalue weighted by molar-refractivity contribution is 6.04. The Morgan fingerprint density at radius 1 is 1.14 bits per heavy atom. The number of nitrogens with two attached hydrogens (primary N) is 1. The molecule has 2 fully saturated rings. The summed E-state index contributed by atoms with van der Waals surface area (Å²) >= 11 is 0. The molecule has 2 saturated heterocycles. The van der Waals surface area contributed by atoms with Gasteiger partial charge in [0.25, 0.3) is 5.91 Å². The second-order valence-electron chi connectivity index (χ2n) is 9.39. The molecule has 6 rings (SSSR count). The van der Waals surface area contributed by atoms with E-state index in [1.807, 2.05) is 33.7 Å². The fourth-order valence-electron chi connectivity index (χ4n) is 5.61. The molecular formula is C27H26N8O2. The number of likely N-dealkylation sites (tertiary alicyclic amines) is 2. The van der Waals surface area contributed by atoms with Gasteiger partial charge in [-0.3, -0.25) is 18.9 Å². The molecule has 2 unspecified atom stereocenters. The average molecular weight is 495 g/mol. The number of anilines is 2. The van der Waals surface area contributed by atoms with Crippen molar-refractivity contribution in [2.75, 3.05) is 24.6 Å². The van der Waals surface area contributed by atoms with Crippen molar-refractivity contribution < 1.29 is 9.59 Å². The number of nitrogens with zero attached hydrogens (tertiary/aromatic N) is 6. The Kier molecular flexibility index (Phi) is 5.45. The van der Waals surface area contributed by atoms with E-state index in [0.29, 0.717) is 28.4 Å². The smallest absolute Gasteiger partial charge is 0.256 e. The van der Waals surface area contributed by atoms with Gasteiger partial charge in [0.15, 0.2) is 0 Å². The maximum absolute atomic E-state index is 12.9. The first-order chi connectivity index (χ1) is 18.0. The number of benzene rings is 1. The van der Waals surface area contributed by atoms with Crippen LogP contribution in [0.25, 0.3) is 16.8 Å². The molecule has 0 radical (unpaired) electrons. The molecule has 5 heterocycles. The predicted octanol–water partition coefficient (Wildman–Crippen LogP) is 2.77. The molecule has 3 aromatic heterocycles. The molecule has 0 spiro atoms. The van der Waals surface area contributed by atoms with Gasteiger partial charge in [-0.15, -0.1) is 0 Å². The molecule has 2 amide bonds. The number of rotatable bonds is 5. The summed E-state index contributed by atoms with van der Waals surface area (Å²) in [6, 6.07) is 12.5. The van der Waals surface area contributed by atoms with Crippen LogP contribution in [0.1, 0.15) is 28.6 Å². The summed E-state index contributed by atoms with van der Waals surface area (Å²) in [5, 5.41) is 2.79. The van der Waals surface area contributed by atoms with Gasteiger partial charge < -0.3 is 16.0 Å². The highest BCUT2D eigenvalue weighted by Gasteiger charge is 2.52. The molecule has 0 aliphatic carbocycles. The fraction of sp³-hybridized carbons (Fsp3) is 0.222. The summed E-state index contributed by atoms with van der Waals surface area (Å²) in [5.74, 6) is 1.19. The van der Waals surface area contributed by atoms with Gasteiger partial charge in [-0.05, 0) is 43.8 Å². The molecular weight excluding hydrogens is 468 g/mol. The SMILES string of the molecule is C=CC(=O)N1C2C[C@@H](C1c1nc(-c3ccc(C(=O)Nc4ccccn4)cc3)c3c(N)nccn13)N(C)C2. The number of carbonyl (C=O) groups excluding carboxylic acids is 2. The predicted molar refractivity (Wildman–Crippen MR) is 140 cm³/mol. The lowest BCUT2D eigenvalue weighted by atomic mass is 10.1. The molecule has 10 heteroatoms. The fourth-order valence-corrected chi connectivity index (χ4v) is 5.61. The molecule has 2 aliphatic heterocycles. The van der Waals surface area contributed by atoms with Gasteiger partial charge in [-0.25, -0.2) is 15.0 Å². The quantitative estimate of drug-likeness (QED) is 0.409. The van der Waals surface area contributed by atoms with Crippen molar-refractivity contribution in [1.29, 1.82) is 0 Å². The van der Waals surface area contributed by atoms with Gasteiger partial charge in [0.05, 0.1) is 0 Å². The first-order valence-electron chi connectivity index (χ1n) is 12.1. The van der Waals surface area contributed by atoms with Crippen LogP contribution in [0.5, 0.6) is 0 Å². The van der Waals surface area contributed by atoms with Crippen LogP contribution < -0.4 is 11.1 Å². The molecule has 0 saturated carbocycles. The van der Waals surface area contributed by atoms with Crippen molar-refractivity contribution in [3.8, 4) is 11.3 Å². The first kappa shape index (κ1) is 22.9. The molecule has 1 aromatic carbocycles. The number of imidazole rings is 1. The number of aromatic nitrogens is 4. The summed E-state index contributed by atoms with van der Waals surface area (Å²) in [6.07, 6.45) is 7.34. The highest BCUT2D eigenvalue weighted by Crippen LogP contribution is 2.45. The van der Waals surface area contributed by atoms with E-state index in [-0.39, 0.29) is 29.9 Å². The zero-order chi connectivity index (χ0) is 25.7. The van der Waals surface area contributed by atoms with Crippen molar-refractivity contribution >= 4 is 29.0 Å². The number of carbonyl (C=O) groups is 2. The van der Waals surface area contributed by atoms with Crippen molar-refractivity contribution in [2.24, 2.45) is 0 Å². The lowest BCUT2D eigenvalue weighted by Gasteiger charge is -2.38.